The van der Waals surface area contributed by atoms with E-state index in [-0.39, 0.29) is 0 Å². The molecule has 0 bridgehead atoms. The number of para-hydroxylation sites is 1. The van der Waals surface area contributed by atoms with E-state index in [4.69, 9.17) is 4.42 Å². The molecule has 1 heterocycles. The molecule has 0 radical (unpaired) electrons. The summed E-state index contributed by atoms with van der Waals surface area (Å²) in [4.78, 5) is 0. The molecule has 0 spiro atoms. The second kappa shape index (κ2) is 9.19. The monoisotopic (exact) mass is 594 g/mol. The molecule has 0 aliphatic carbocycles. The van der Waals surface area contributed by atoms with E-state index in [1.807, 2.05) is 0 Å². The third-order valence-corrected chi connectivity index (χ3v) is 10.3. The van der Waals surface area contributed by atoms with Crippen LogP contribution in [0.2, 0.25) is 0 Å². The number of furan rings is 1. The van der Waals surface area contributed by atoms with Crippen molar-refractivity contribution in [3.05, 3.63) is 158 Å². The Kier molecular flexibility index (Phi) is 4.90. The molecule has 0 saturated carbocycles. The molecular weight excluding hydrogens is 569 g/mol. The van der Waals surface area contributed by atoms with Crippen molar-refractivity contribution in [1.82, 2.24) is 0 Å². The van der Waals surface area contributed by atoms with Crippen LogP contribution in [0.5, 0.6) is 0 Å². The van der Waals surface area contributed by atoms with Crippen LogP contribution in [0.15, 0.2) is 162 Å². The molecule has 1 aromatic heterocycles. The summed E-state index contributed by atoms with van der Waals surface area (Å²) in [6.45, 7) is 0. The molecule has 0 aliphatic heterocycles. The minimum atomic E-state index is 0.931. The number of hydrogen-bond donors (Lipinski definition) is 0. The third kappa shape index (κ3) is 3.33. The molecule has 0 N–H and O–H groups in total. The topological polar surface area (TPSA) is 13.1 Å². The predicted octanol–water partition coefficient (Wildman–Crippen LogP) is 13.3. The van der Waals surface area contributed by atoms with Crippen molar-refractivity contribution in [3.63, 3.8) is 0 Å². The van der Waals surface area contributed by atoms with Crippen molar-refractivity contribution >= 4 is 86.6 Å². The second-order valence-electron chi connectivity index (χ2n) is 12.8. The molecule has 0 amide bonds. The molecule has 216 valence electrons. The predicted molar refractivity (Wildman–Crippen MR) is 201 cm³/mol. The van der Waals surface area contributed by atoms with E-state index in [1.165, 1.54) is 97.7 Å². The lowest BCUT2D eigenvalue weighted by molar-refractivity contribution is 0.673. The Hall–Kier alpha value is -6.18. The zero-order chi connectivity index (χ0) is 30.6. The van der Waals surface area contributed by atoms with Crippen LogP contribution in [0.4, 0.5) is 0 Å². The average molecular weight is 595 g/mol. The highest BCUT2D eigenvalue weighted by molar-refractivity contribution is 6.39. The van der Waals surface area contributed by atoms with Crippen LogP contribution in [0, 0.1) is 0 Å². The fourth-order valence-corrected chi connectivity index (χ4v) is 8.43. The summed E-state index contributed by atoms with van der Waals surface area (Å²) in [5.41, 5.74) is 6.96. The third-order valence-electron chi connectivity index (χ3n) is 10.3. The first-order chi connectivity index (χ1) is 23.3. The lowest BCUT2D eigenvalue weighted by Gasteiger charge is -2.21. The molecule has 47 heavy (non-hydrogen) atoms. The molecule has 11 rings (SSSR count). The van der Waals surface area contributed by atoms with Gasteiger partial charge in [-0.3, -0.25) is 0 Å². The van der Waals surface area contributed by atoms with Gasteiger partial charge in [0, 0.05) is 21.5 Å². The number of hydrogen-bond acceptors (Lipinski definition) is 1. The molecule has 0 atom stereocenters. The lowest BCUT2D eigenvalue weighted by atomic mass is 9.82. The van der Waals surface area contributed by atoms with Crippen molar-refractivity contribution in [2.45, 2.75) is 0 Å². The van der Waals surface area contributed by atoms with Gasteiger partial charge in [-0.15, -0.1) is 0 Å². The quantitative estimate of drug-likeness (QED) is 0.143. The summed E-state index contributed by atoms with van der Waals surface area (Å²) in [7, 11) is 0. The van der Waals surface area contributed by atoms with E-state index in [2.05, 4.69) is 158 Å². The van der Waals surface area contributed by atoms with E-state index in [9.17, 15) is 0 Å². The van der Waals surface area contributed by atoms with E-state index in [0.717, 1.165) is 11.2 Å². The minimum absolute atomic E-state index is 0.931. The van der Waals surface area contributed by atoms with E-state index in [1.54, 1.807) is 0 Å². The molecule has 10 aromatic carbocycles. The Morgan fingerprint density at radius 1 is 0.319 bits per heavy atom. The molecule has 0 unspecified atom stereocenters. The Morgan fingerprint density at radius 3 is 1.68 bits per heavy atom. The minimum Gasteiger partial charge on any atom is -0.455 e. The van der Waals surface area contributed by atoms with E-state index in [0.29, 0.717) is 0 Å². The molecule has 1 nitrogen and oxygen atoms in total. The molecule has 0 aliphatic rings. The van der Waals surface area contributed by atoms with Gasteiger partial charge in [0.25, 0.3) is 0 Å². The Bertz CT molecular complexity index is 3010. The first-order valence-corrected chi connectivity index (χ1v) is 16.3. The normalized spacial score (nSPS) is 12.3. The highest BCUT2D eigenvalue weighted by atomic mass is 16.3. The van der Waals surface area contributed by atoms with Crippen LogP contribution < -0.4 is 0 Å². The maximum Gasteiger partial charge on any atom is 0.143 e. The van der Waals surface area contributed by atoms with Gasteiger partial charge in [0.05, 0.1) is 0 Å². The summed E-state index contributed by atoms with van der Waals surface area (Å²) in [5, 5.41) is 17.4. The van der Waals surface area contributed by atoms with E-state index < -0.39 is 0 Å². The number of rotatable bonds is 2. The Morgan fingerprint density at radius 2 is 0.894 bits per heavy atom. The molecular formula is C46H26O. The van der Waals surface area contributed by atoms with Crippen LogP contribution in [0.25, 0.3) is 109 Å². The second-order valence-corrected chi connectivity index (χ2v) is 12.8. The SMILES string of the molecule is c1ccc2cc(-c3c4ccccc4c(-c4cc5cccc6c7c8ccccc8oc7c7cccc4c7c56)c4ccccc34)ccc2c1. The number of benzene rings is 10. The fraction of sp³-hybridized carbons (Fsp3) is 0. The highest BCUT2D eigenvalue weighted by Gasteiger charge is 2.23. The first kappa shape index (κ1) is 25.1. The Labute approximate surface area is 270 Å². The van der Waals surface area contributed by atoms with Crippen LogP contribution in [-0.4, -0.2) is 0 Å². The molecule has 11 aromatic rings. The van der Waals surface area contributed by atoms with Gasteiger partial charge in [0.2, 0.25) is 0 Å². The van der Waals surface area contributed by atoms with Gasteiger partial charge >= 0.3 is 0 Å². The first-order valence-electron chi connectivity index (χ1n) is 16.3. The zero-order valence-corrected chi connectivity index (χ0v) is 25.4. The van der Waals surface area contributed by atoms with Gasteiger partial charge in [-0.1, -0.05) is 140 Å². The van der Waals surface area contributed by atoms with Gasteiger partial charge in [-0.25, -0.2) is 0 Å². The standard InChI is InChI=1S/C46H26O/c1-2-12-28-25-30(24-23-27(28)11-1)41-31-14-3-5-16-33(31)43(34-17-6-4-15-32(34)41)39-26-29-13-9-20-37-42(29)44-35(39)19-10-21-38(44)46-45(37)36-18-7-8-22-40(36)47-46/h1-26H. The van der Waals surface area contributed by atoms with E-state index >= 15 is 0 Å². The van der Waals surface area contributed by atoms with Gasteiger partial charge in [-0.05, 0) is 94.3 Å². The summed E-state index contributed by atoms with van der Waals surface area (Å²) in [6, 6.07) is 57.8. The average Bonchev–Trinajstić information content (AvgIpc) is 3.53. The van der Waals surface area contributed by atoms with Crippen molar-refractivity contribution in [3.8, 4) is 22.3 Å². The van der Waals surface area contributed by atoms with Crippen molar-refractivity contribution < 1.29 is 4.42 Å². The van der Waals surface area contributed by atoms with Gasteiger partial charge in [-0.2, -0.15) is 0 Å². The summed E-state index contributed by atoms with van der Waals surface area (Å²) in [6.07, 6.45) is 0. The Balaban J connectivity index is 1.32. The van der Waals surface area contributed by atoms with Crippen molar-refractivity contribution in [2.75, 3.05) is 0 Å². The molecule has 0 saturated heterocycles. The smallest absolute Gasteiger partial charge is 0.143 e. The van der Waals surface area contributed by atoms with Crippen molar-refractivity contribution in [2.24, 2.45) is 0 Å². The van der Waals surface area contributed by atoms with Crippen LogP contribution in [0.1, 0.15) is 0 Å². The maximum atomic E-state index is 6.65. The van der Waals surface area contributed by atoms with Gasteiger partial charge in [0.1, 0.15) is 11.2 Å². The van der Waals surface area contributed by atoms with Crippen molar-refractivity contribution in [1.29, 1.82) is 0 Å². The number of fused-ring (bicyclic) bond motifs is 8. The highest BCUT2D eigenvalue weighted by Crippen LogP contribution is 2.50. The van der Waals surface area contributed by atoms with Gasteiger partial charge < -0.3 is 4.42 Å². The summed E-state index contributed by atoms with van der Waals surface area (Å²) in [5.74, 6) is 0. The fourth-order valence-electron chi connectivity index (χ4n) is 8.43. The summed E-state index contributed by atoms with van der Waals surface area (Å²) >= 11 is 0. The zero-order valence-electron chi connectivity index (χ0n) is 25.4. The van der Waals surface area contributed by atoms with Crippen LogP contribution >= 0.6 is 0 Å². The lowest BCUT2D eigenvalue weighted by Crippen LogP contribution is -1.93. The van der Waals surface area contributed by atoms with Gasteiger partial charge in [0.15, 0.2) is 0 Å². The summed E-state index contributed by atoms with van der Waals surface area (Å²) < 4.78 is 6.65. The molecule has 1 heteroatoms. The molecule has 0 fully saturated rings. The van der Waals surface area contributed by atoms with Crippen LogP contribution in [0.3, 0.4) is 0 Å². The maximum absolute atomic E-state index is 6.65. The van der Waals surface area contributed by atoms with Crippen LogP contribution in [-0.2, 0) is 0 Å². The largest absolute Gasteiger partial charge is 0.455 e.